The van der Waals surface area contributed by atoms with Gasteiger partial charge in [0.2, 0.25) is 11.8 Å². The lowest BCUT2D eigenvalue weighted by atomic mass is 9.77. The average molecular weight is 453 g/mol. The number of carbonyl (C=O) groups excluding carboxylic acids is 3. The predicted molar refractivity (Wildman–Crippen MR) is 120 cm³/mol. The van der Waals surface area contributed by atoms with Crippen molar-refractivity contribution < 1.29 is 19.1 Å². The fourth-order valence-corrected chi connectivity index (χ4v) is 6.30. The number of nitrogens with zero attached hydrogens (tertiary/aromatic N) is 2. The van der Waals surface area contributed by atoms with Gasteiger partial charge in [-0.1, -0.05) is 48.0 Å². The van der Waals surface area contributed by atoms with Crippen LogP contribution in [0.1, 0.15) is 31.4 Å². The number of imide groups is 1. The lowest BCUT2D eigenvalue weighted by molar-refractivity contribution is -0.159. The molecule has 3 heterocycles. The number of carbonyl (C=O) groups is 3. The zero-order valence-corrected chi connectivity index (χ0v) is 18.8. The van der Waals surface area contributed by atoms with E-state index in [1.807, 2.05) is 48.5 Å². The molecule has 166 valence electrons. The van der Waals surface area contributed by atoms with E-state index in [9.17, 15) is 14.4 Å². The number of hydrogen-bond acceptors (Lipinski definition) is 5. The Bertz CT molecular complexity index is 1100. The molecule has 4 atom stereocenters. The van der Waals surface area contributed by atoms with E-state index in [0.29, 0.717) is 24.5 Å². The van der Waals surface area contributed by atoms with E-state index >= 15 is 0 Å². The fourth-order valence-electron chi connectivity index (χ4n) is 6.11. The number of benzene rings is 2. The summed E-state index contributed by atoms with van der Waals surface area (Å²) in [5.41, 5.74) is 1.86. The van der Waals surface area contributed by atoms with Crippen molar-refractivity contribution in [2.45, 2.75) is 31.3 Å². The van der Waals surface area contributed by atoms with Crippen molar-refractivity contribution in [1.29, 1.82) is 0 Å². The maximum Gasteiger partial charge on any atom is 0.327 e. The predicted octanol–water partition coefficient (Wildman–Crippen LogP) is 3.69. The summed E-state index contributed by atoms with van der Waals surface area (Å²) in [4.78, 5) is 43.1. The second kappa shape index (κ2) is 7.71. The summed E-state index contributed by atoms with van der Waals surface area (Å²) in [5, 5.41) is 0.667. The Morgan fingerprint density at radius 2 is 1.88 bits per heavy atom. The maximum atomic E-state index is 13.3. The Labute approximate surface area is 192 Å². The monoisotopic (exact) mass is 452 g/mol. The zero-order valence-electron chi connectivity index (χ0n) is 18.1. The molecular formula is C25H25ClN2O4. The molecule has 3 aliphatic heterocycles. The quantitative estimate of drug-likeness (QED) is 0.523. The van der Waals surface area contributed by atoms with Crippen molar-refractivity contribution >= 4 is 29.4 Å². The van der Waals surface area contributed by atoms with Crippen LogP contribution < -0.4 is 0 Å². The van der Waals surface area contributed by atoms with E-state index in [1.54, 1.807) is 6.92 Å². The first-order chi connectivity index (χ1) is 15.4. The molecule has 7 heteroatoms. The van der Waals surface area contributed by atoms with Crippen LogP contribution in [0.25, 0.3) is 11.1 Å². The minimum atomic E-state index is -1.08. The zero-order chi connectivity index (χ0) is 22.6. The SMILES string of the molecule is CCN1C(=O)[C@@H]2[C@@H](c3ccc(-c4cccc(Cl)c4)cc3)N3CCC[C@@]3(C(=O)OC)[C@@H]2C1=O. The molecule has 0 spiro atoms. The van der Waals surface area contributed by atoms with Crippen molar-refractivity contribution in [3.05, 3.63) is 59.1 Å². The lowest BCUT2D eigenvalue weighted by Crippen LogP contribution is -2.54. The van der Waals surface area contributed by atoms with E-state index < -0.39 is 23.3 Å². The van der Waals surface area contributed by atoms with Crippen LogP contribution in [0.15, 0.2) is 48.5 Å². The fraction of sp³-hybridized carbons (Fsp3) is 0.400. The molecule has 6 nitrogen and oxygen atoms in total. The molecule has 0 bridgehead atoms. The summed E-state index contributed by atoms with van der Waals surface area (Å²) in [6, 6.07) is 15.3. The van der Waals surface area contributed by atoms with Crippen LogP contribution in [0, 0.1) is 11.8 Å². The maximum absolute atomic E-state index is 13.3. The standard InChI is InChI=1S/C25H25ClN2O4/c1-3-27-22(29)19-20(23(27)30)25(24(31)32-2)12-5-13-28(25)21(19)16-10-8-15(9-11-16)17-6-4-7-18(26)14-17/h4,6-11,14,19-21H,3,5,12-13H2,1-2H3/t19-,20-,21+,25-/m0/s1. The number of rotatable bonds is 4. The van der Waals surface area contributed by atoms with Gasteiger partial charge in [0.1, 0.15) is 5.54 Å². The molecule has 0 N–H and O–H groups in total. The minimum Gasteiger partial charge on any atom is -0.468 e. The molecule has 0 unspecified atom stereocenters. The van der Waals surface area contributed by atoms with E-state index in [4.69, 9.17) is 16.3 Å². The largest absolute Gasteiger partial charge is 0.468 e. The first kappa shape index (κ1) is 21.2. The number of methoxy groups -OCH3 is 1. The molecule has 2 aromatic rings. The highest BCUT2D eigenvalue weighted by atomic mass is 35.5. The van der Waals surface area contributed by atoms with Crippen LogP contribution >= 0.6 is 11.6 Å². The summed E-state index contributed by atoms with van der Waals surface area (Å²) in [7, 11) is 1.36. The number of halogens is 1. The molecular weight excluding hydrogens is 428 g/mol. The lowest BCUT2D eigenvalue weighted by Gasteiger charge is -2.36. The van der Waals surface area contributed by atoms with Gasteiger partial charge in [-0.25, -0.2) is 0 Å². The Balaban J connectivity index is 1.59. The highest BCUT2D eigenvalue weighted by molar-refractivity contribution is 6.30. The van der Waals surface area contributed by atoms with Gasteiger partial charge < -0.3 is 4.74 Å². The van der Waals surface area contributed by atoms with Crippen molar-refractivity contribution in [3.63, 3.8) is 0 Å². The third kappa shape index (κ3) is 2.79. The smallest absolute Gasteiger partial charge is 0.327 e. The minimum absolute atomic E-state index is 0.191. The van der Waals surface area contributed by atoms with Crippen LogP contribution in [-0.4, -0.2) is 53.3 Å². The molecule has 32 heavy (non-hydrogen) atoms. The number of amides is 2. The molecule has 2 amide bonds. The highest BCUT2D eigenvalue weighted by Gasteiger charge is 2.73. The van der Waals surface area contributed by atoms with Gasteiger partial charge in [0.25, 0.3) is 0 Å². The Kier molecular flexibility index (Phi) is 5.10. The average Bonchev–Trinajstić information content (AvgIpc) is 3.42. The first-order valence-corrected chi connectivity index (χ1v) is 11.4. The van der Waals surface area contributed by atoms with Crippen molar-refractivity contribution in [3.8, 4) is 11.1 Å². The number of esters is 1. The molecule has 3 aliphatic rings. The molecule has 3 fully saturated rings. The molecule has 5 rings (SSSR count). The van der Waals surface area contributed by atoms with E-state index in [-0.39, 0.29) is 17.9 Å². The van der Waals surface area contributed by atoms with Gasteiger partial charge in [0.15, 0.2) is 0 Å². The van der Waals surface area contributed by atoms with Gasteiger partial charge in [-0.15, -0.1) is 0 Å². The molecule has 0 saturated carbocycles. The normalized spacial score (nSPS) is 29.3. The van der Waals surface area contributed by atoms with Gasteiger partial charge in [-0.05, 0) is 55.1 Å². The Morgan fingerprint density at radius 1 is 1.12 bits per heavy atom. The van der Waals surface area contributed by atoms with Crippen molar-refractivity contribution in [2.24, 2.45) is 11.8 Å². The topological polar surface area (TPSA) is 66.9 Å². The Hall–Kier alpha value is -2.70. The summed E-state index contributed by atoms with van der Waals surface area (Å²) in [6.45, 7) is 2.75. The van der Waals surface area contributed by atoms with Crippen molar-refractivity contribution in [2.75, 3.05) is 20.2 Å². The number of ether oxygens (including phenoxy) is 1. The van der Waals surface area contributed by atoms with E-state index in [1.165, 1.54) is 12.0 Å². The van der Waals surface area contributed by atoms with E-state index in [0.717, 1.165) is 23.1 Å². The summed E-state index contributed by atoms with van der Waals surface area (Å²) < 4.78 is 5.20. The van der Waals surface area contributed by atoms with Gasteiger partial charge in [0, 0.05) is 17.6 Å². The van der Waals surface area contributed by atoms with Crippen LogP contribution in [-0.2, 0) is 19.1 Å². The van der Waals surface area contributed by atoms with Gasteiger partial charge in [-0.2, -0.15) is 0 Å². The van der Waals surface area contributed by atoms with Crippen LogP contribution in [0.2, 0.25) is 5.02 Å². The molecule has 0 aromatic heterocycles. The molecule has 0 aliphatic carbocycles. The molecule has 0 radical (unpaired) electrons. The van der Waals surface area contributed by atoms with Gasteiger partial charge >= 0.3 is 5.97 Å². The van der Waals surface area contributed by atoms with E-state index in [2.05, 4.69) is 4.90 Å². The molecule has 2 aromatic carbocycles. The van der Waals surface area contributed by atoms with Crippen LogP contribution in [0.3, 0.4) is 0 Å². The Morgan fingerprint density at radius 3 is 2.53 bits per heavy atom. The summed E-state index contributed by atoms with van der Waals surface area (Å²) in [6.07, 6.45) is 1.30. The van der Waals surface area contributed by atoms with Gasteiger partial charge in [0.05, 0.1) is 18.9 Å². The number of fused-ring (bicyclic) bond motifs is 3. The third-order valence-electron chi connectivity index (χ3n) is 7.37. The van der Waals surface area contributed by atoms with Crippen LogP contribution in [0.5, 0.6) is 0 Å². The summed E-state index contributed by atoms with van der Waals surface area (Å²) >= 11 is 6.14. The van der Waals surface area contributed by atoms with Gasteiger partial charge in [-0.3, -0.25) is 24.2 Å². The van der Waals surface area contributed by atoms with Crippen molar-refractivity contribution in [1.82, 2.24) is 9.80 Å². The number of likely N-dealkylation sites (tertiary alicyclic amines) is 1. The third-order valence-corrected chi connectivity index (χ3v) is 7.60. The summed E-state index contributed by atoms with van der Waals surface area (Å²) in [5.74, 6) is -2.15. The second-order valence-corrected chi connectivity index (χ2v) is 9.15. The van der Waals surface area contributed by atoms with Crippen LogP contribution in [0.4, 0.5) is 0 Å². The number of hydrogen-bond donors (Lipinski definition) is 0. The molecule has 3 saturated heterocycles. The second-order valence-electron chi connectivity index (χ2n) is 8.71. The highest BCUT2D eigenvalue weighted by Crippen LogP contribution is 2.59. The first-order valence-electron chi connectivity index (χ1n) is 11.0.